The zero-order valence-electron chi connectivity index (χ0n) is 25.9. The van der Waals surface area contributed by atoms with Crippen LogP contribution < -0.4 is 0 Å². The SMILES string of the molecule is Cc1ccccc1C(=O)C1CCN(C(=O)c2ccc(CN3CC4(CCN(Cc5ccc(C(F)(F)F)cc5)CC4)OC3=O)cc2)CC1. The minimum absolute atomic E-state index is 0.0593. The molecule has 6 rings (SSSR count). The Kier molecular flexibility index (Phi) is 8.92. The summed E-state index contributed by atoms with van der Waals surface area (Å²) in [5, 5.41) is 0. The molecule has 0 unspecified atom stereocenters. The number of ether oxygens (including phenoxy) is 1. The van der Waals surface area contributed by atoms with Gasteiger partial charge in [0.1, 0.15) is 5.60 Å². The number of benzene rings is 3. The highest BCUT2D eigenvalue weighted by Crippen LogP contribution is 2.35. The Morgan fingerprint density at radius 3 is 2.09 bits per heavy atom. The highest BCUT2D eigenvalue weighted by Gasteiger charge is 2.46. The molecule has 2 amide bonds. The van der Waals surface area contributed by atoms with Crippen LogP contribution in [0.1, 0.15) is 68.7 Å². The maximum Gasteiger partial charge on any atom is 0.416 e. The monoisotopic (exact) mass is 633 g/mol. The van der Waals surface area contributed by atoms with Crippen molar-refractivity contribution in [3.8, 4) is 0 Å². The Labute approximate surface area is 266 Å². The molecule has 3 heterocycles. The third-order valence-corrected chi connectivity index (χ3v) is 9.63. The minimum Gasteiger partial charge on any atom is -0.441 e. The Balaban J connectivity index is 0.974. The number of aryl methyl sites for hydroxylation is 1. The minimum atomic E-state index is -4.35. The number of amides is 2. The molecule has 10 heteroatoms. The number of carbonyl (C=O) groups is 3. The van der Waals surface area contributed by atoms with E-state index in [0.29, 0.717) is 77.1 Å². The van der Waals surface area contributed by atoms with E-state index in [-0.39, 0.29) is 23.7 Å². The number of hydrogen-bond acceptors (Lipinski definition) is 5. The van der Waals surface area contributed by atoms with Crippen LogP contribution in [-0.4, -0.2) is 70.8 Å². The van der Waals surface area contributed by atoms with Gasteiger partial charge in [-0.3, -0.25) is 19.4 Å². The third kappa shape index (κ3) is 6.97. The summed E-state index contributed by atoms with van der Waals surface area (Å²) in [4.78, 5) is 44.7. The molecule has 46 heavy (non-hydrogen) atoms. The van der Waals surface area contributed by atoms with Crippen molar-refractivity contribution in [2.75, 3.05) is 32.7 Å². The zero-order valence-corrected chi connectivity index (χ0v) is 25.9. The van der Waals surface area contributed by atoms with Gasteiger partial charge in [0.25, 0.3) is 5.91 Å². The van der Waals surface area contributed by atoms with Crippen LogP contribution in [-0.2, 0) is 24.0 Å². The lowest BCUT2D eigenvalue weighted by Crippen LogP contribution is -2.46. The Bertz CT molecular complexity index is 1570. The molecule has 3 aliphatic rings. The topological polar surface area (TPSA) is 70.2 Å². The largest absolute Gasteiger partial charge is 0.441 e. The molecule has 0 radical (unpaired) electrons. The highest BCUT2D eigenvalue weighted by molar-refractivity contribution is 5.99. The lowest BCUT2D eigenvalue weighted by molar-refractivity contribution is -0.137. The van der Waals surface area contributed by atoms with Gasteiger partial charge >= 0.3 is 12.3 Å². The van der Waals surface area contributed by atoms with Crippen molar-refractivity contribution in [2.45, 2.75) is 57.5 Å². The molecule has 3 aliphatic heterocycles. The number of carbonyl (C=O) groups excluding carboxylic acids is 3. The number of piperidine rings is 2. The van der Waals surface area contributed by atoms with Crippen LogP contribution >= 0.6 is 0 Å². The van der Waals surface area contributed by atoms with Gasteiger partial charge < -0.3 is 9.64 Å². The van der Waals surface area contributed by atoms with Crippen molar-refractivity contribution in [1.29, 1.82) is 0 Å². The summed E-state index contributed by atoms with van der Waals surface area (Å²) in [6.07, 6.45) is -2.13. The molecular formula is C36H38F3N3O4. The molecule has 3 saturated heterocycles. The Hall–Kier alpha value is -4.18. The first-order valence-electron chi connectivity index (χ1n) is 15.8. The van der Waals surface area contributed by atoms with Crippen LogP contribution in [0.25, 0.3) is 0 Å². The normalized spacial score (nSPS) is 19.0. The fourth-order valence-corrected chi connectivity index (χ4v) is 6.82. The number of nitrogens with zero attached hydrogens (tertiary/aromatic N) is 3. The van der Waals surface area contributed by atoms with Crippen molar-refractivity contribution in [3.05, 3.63) is 106 Å². The molecule has 0 N–H and O–H groups in total. The molecule has 1 spiro atoms. The molecule has 7 nitrogen and oxygen atoms in total. The first kappa shape index (κ1) is 31.8. The molecule has 242 valence electrons. The number of Topliss-reactive ketones (excluding diaryl/α,β-unsaturated/α-hetero) is 1. The van der Waals surface area contributed by atoms with E-state index in [1.54, 1.807) is 17.0 Å². The number of halogens is 3. The van der Waals surface area contributed by atoms with Gasteiger partial charge in [0.15, 0.2) is 5.78 Å². The van der Waals surface area contributed by atoms with Gasteiger partial charge in [-0.05, 0) is 60.7 Å². The average Bonchev–Trinajstić information content (AvgIpc) is 3.35. The number of hydrogen-bond donors (Lipinski definition) is 0. The summed E-state index contributed by atoms with van der Waals surface area (Å²) in [6.45, 7) is 5.75. The molecule has 3 aromatic rings. The van der Waals surface area contributed by atoms with Crippen molar-refractivity contribution in [3.63, 3.8) is 0 Å². The van der Waals surface area contributed by atoms with Gasteiger partial charge in [0.2, 0.25) is 0 Å². The van der Waals surface area contributed by atoms with Crippen LogP contribution in [0.5, 0.6) is 0 Å². The quantitative estimate of drug-likeness (QED) is 0.270. The average molecular weight is 634 g/mol. The van der Waals surface area contributed by atoms with Crippen LogP contribution in [0.4, 0.5) is 18.0 Å². The molecule has 3 fully saturated rings. The van der Waals surface area contributed by atoms with Crippen molar-refractivity contribution < 1.29 is 32.3 Å². The van der Waals surface area contributed by atoms with Gasteiger partial charge in [-0.25, -0.2) is 4.79 Å². The Morgan fingerprint density at radius 1 is 0.848 bits per heavy atom. The number of rotatable bonds is 7. The molecular weight excluding hydrogens is 595 g/mol. The van der Waals surface area contributed by atoms with Crippen molar-refractivity contribution in [1.82, 2.24) is 14.7 Å². The highest BCUT2D eigenvalue weighted by atomic mass is 19.4. The fourth-order valence-electron chi connectivity index (χ4n) is 6.82. The van der Waals surface area contributed by atoms with Crippen molar-refractivity contribution >= 4 is 17.8 Å². The van der Waals surface area contributed by atoms with E-state index in [4.69, 9.17) is 4.74 Å². The predicted octanol–water partition coefficient (Wildman–Crippen LogP) is 6.74. The summed E-state index contributed by atoms with van der Waals surface area (Å²) in [5.41, 5.74) is 2.80. The maximum atomic E-state index is 13.2. The lowest BCUT2D eigenvalue weighted by Gasteiger charge is -2.37. The Morgan fingerprint density at radius 2 is 1.46 bits per heavy atom. The number of ketones is 1. The summed E-state index contributed by atoms with van der Waals surface area (Å²) in [6, 6.07) is 20.2. The second kappa shape index (κ2) is 12.9. The van der Waals surface area contributed by atoms with Gasteiger partial charge in [0.05, 0.1) is 12.1 Å². The summed E-state index contributed by atoms with van der Waals surface area (Å²) < 4.78 is 44.5. The first-order chi connectivity index (χ1) is 22.0. The van der Waals surface area contributed by atoms with Gasteiger partial charge in [-0.2, -0.15) is 13.2 Å². The smallest absolute Gasteiger partial charge is 0.416 e. The second-order valence-electron chi connectivity index (χ2n) is 12.8. The molecule has 3 aromatic carbocycles. The van der Waals surface area contributed by atoms with Crippen molar-refractivity contribution in [2.24, 2.45) is 5.92 Å². The van der Waals surface area contributed by atoms with Gasteiger partial charge in [0, 0.05) is 69.2 Å². The summed E-state index contributed by atoms with van der Waals surface area (Å²) in [5.74, 6) is 0.0127. The summed E-state index contributed by atoms with van der Waals surface area (Å²) >= 11 is 0. The van der Waals surface area contributed by atoms with E-state index in [0.717, 1.165) is 34.4 Å². The van der Waals surface area contributed by atoms with E-state index in [1.165, 1.54) is 12.1 Å². The van der Waals surface area contributed by atoms with Crippen LogP contribution in [0.3, 0.4) is 0 Å². The van der Waals surface area contributed by atoms with Crippen LogP contribution in [0, 0.1) is 12.8 Å². The predicted molar refractivity (Wildman–Crippen MR) is 166 cm³/mol. The fraction of sp³-hybridized carbons (Fsp3) is 0.417. The zero-order chi connectivity index (χ0) is 32.5. The maximum absolute atomic E-state index is 13.2. The third-order valence-electron chi connectivity index (χ3n) is 9.63. The molecule has 0 atom stereocenters. The molecule has 0 bridgehead atoms. The van der Waals surface area contributed by atoms with Crippen LogP contribution in [0.2, 0.25) is 0 Å². The molecule has 0 aromatic heterocycles. The van der Waals surface area contributed by atoms with E-state index < -0.39 is 17.3 Å². The number of likely N-dealkylation sites (tertiary alicyclic amines) is 2. The standard InChI is InChI=1S/C36H38F3N3O4/c1-25-4-2-3-5-31(25)32(43)28-14-18-41(19-15-28)33(44)29-10-6-27(7-11-29)23-42-24-35(46-34(42)45)16-20-40(21-17-35)22-26-8-12-30(13-9-26)36(37,38)39/h2-13,28H,14-24H2,1H3. The lowest BCUT2D eigenvalue weighted by atomic mass is 9.87. The van der Waals surface area contributed by atoms with E-state index >= 15 is 0 Å². The van der Waals surface area contributed by atoms with E-state index in [2.05, 4.69) is 4.90 Å². The molecule has 0 saturated carbocycles. The van der Waals surface area contributed by atoms with Gasteiger partial charge in [-0.15, -0.1) is 0 Å². The van der Waals surface area contributed by atoms with E-state index in [1.807, 2.05) is 48.2 Å². The molecule has 0 aliphatic carbocycles. The number of alkyl halides is 3. The summed E-state index contributed by atoms with van der Waals surface area (Å²) in [7, 11) is 0. The van der Waals surface area contributed by atoms with Crippen LogP contribution in [0.15, 0.2) is 72.8 Å². The second-order valence-corrected chi connectivity index (χ2v) is 12.8. The van der Waals surface area contributed by atoms with E-state index in [9.17, 15) is 27.6 Å². The first-order valence-corrected chi connectivity index (χ1v) is 15.8. The van der Waals surface area contributed by atoms with Gasteiger partial charge in [-0.1, -0.05) is 48.5 Å².